The van der Waals surface area contributed by atoms with Crippen LogP contribution in [-0.2, 0) is 10.1 Å². The van der Waals surface area contributed by atoms with E-state index in [0.717, 1.165) is 0 Å². The summed E-state index contributed by atoms with van der Waals surface area (Å²) in [5, 5.41) is 19.0. The lowest BCUT2D eigenvalue weighted by atomic mass is 10.2. The lowest BCUT2D eigenvalue weighted by molar-refractivity contribution is 0.404. The Morgan fingerprint density at radius 1 is 0.905 bits per heavy atom. The molecule has 3 N–H and O–H groups in total. The number of hydrogen-bond acceptors (Lipinski definition) is 6. The highest BCUT2D eigenvalue weighted by Gasteiger charge is 2.14. The summed E-state index contributed by atoms with van der Waals surface area (Å²) in [6, 6.07) is 4.99. The molecule has 8 heteroatoms. The molecular formula is C13H10N2O5S. The maximum Gasteiger partial charge on any atom is 0.294 e. The van der Waals surface area contributed by atoms with Gasteiger partial charge in [-0.3, -0.25) is 4.55 Å². The van der Waals surface area contributed by atoms with E-state index in [1.54, 1.807) is 6.92 Å². The van der Waals surface area contributed by atoms with Crippen molar-refractivity contribution in [3.63, 3.8) is 0 Å². The van der Waals surface area contributed by atoms with Crippen LogP contribution in [0.15, 0.2) is 29.2 Å². The van der Waals surface area contributed by atoms with Crippen molar-refractivity contribution in [2.24, 2.45) is 0 Å². The molecule has 0 aliphatic carbocycles. The standard InChI is InChI=1S/C13H10N2O5S/c1-6-2-7(21(18,19)20)3-10-13(6)15-9-5-12(17)11(16)4-8(9)14-10/h2-5,16-17H,1H3,(H,18,19,20). The van der Waals surface area contributed by atoms with Crippen molar-refractivity contribution in [3.8, 4) is 11.5 Å². The first-order chi connectivity index (χ1) is 9.75. The zero-order valence-electron chi connectivity index (χ0n) is 10.8. The minimum Gasteiger partial charge on any atom is -0.504 e. The van der Waals surface area contributed by atoms with Crippen LogP contribution in [0, 0.1) is 6.92 Å². The van der Waals surface area contributed by atoms with Crippen LogP contribution in [0.3, 0.4) is 0 Å². The average molecular weight is 306 g/mol. The summed E-state index contributed by atoms with van der Waals surface area (Å²) < 4.78 is 31.6. The highest BCUT2D eigenvalue weighted by Crippen LogP contribution is 2.30. The third-order valence-electron chi connectivity index (χ3n) is 3.10. The van der Waals surface area contributed by atoms with Gasteiger partial charge in [0.2, 0.25) is 0 Å². The maximum absolute atomic E-state index is 11.2. The second-order valence-electron chi connectivity index (χ2n) is 4.64. The number of benzene rings is 2. The molecule has 3 aromatic rings. The molecule has 0 atom stereocenters. The Balaban J connectivity index is 2.43. The van der Waals surface area contributed by atoms with Crippen LogP contribution in [0.4, 0.5) is 0 Å². The van der Waals surface area contributed by atoms with Gasteiger partial charge in [0.05, 0.1) is 27.0 Å². The Morgan fingerprint density at radius 3 is 2.05 bits per heavy atom. The molecular weight excluding hydrogens is 296 g/mol. The van der Waals surface area contributed by atoms with E-state index >= 15 is 0 Å². The van der Waals surface area contributed by atoms with Crippen molar-refractivity contribution < 1.29 is 23.2 Å². The molecule has 0 unspecified atom stereocenters. The zero-order chi connectivity index (χ0) is 15.4. The van der Waals surface area contributed by atoms with E-state index in [1.807, 2.05) is 0 Å². The number of aromatic hydroxyl groups is 2. The number of aryl methyl sites for hydroxylation is 1. The van der Waals surface area contributed by atoms with Gasteiger partial charge < -0.3 is 10.2 Å². The van der Waals surface area contributed by atoms with Gasteiger partial charge in [-0.05, 0) is 24.6 Å². The molecule has 1 aromatic heterocycles. The Morgan fingerprint density at radius 2 is 1.48 bits per heavy atom. The molecule has 7 nitrogen and oxygen atoms in total. The van der Waals surface area contributed by atoms with Crippen LogP contribution in [0.1, 0.15) is 5.56 Å². The molecule has 21 heavy (non-hydrogen) atoms. The summed E-state index contributed by atoms with van der Waals surface area (Å²) in [4.78, 5) is 8.22. The Kier molecular flexibility index (Phi) is 2.75. The third kappa shape index (κ3) is 2.24. The van der Waals surface area contributed by atoms with Crippen molar-refractivity contribution in [2.75, 3.05) is 0 Å². The highest BCUT2D eigenvalue weighted by molar-refractivity contribution is 7.85. The lowest BCUT2D eigenvalue weighted by Crippen LogP contribution is -2.00. The van der Waals surface area contributed by atoms with Gasteiger partial charge in [0, 0.05) is 12.1 Å². The number of phenolic OH excluding ortho intramolecular Hbond substituents is 2. The molecule has 0 fully saturated rings. The van der Waals surface area contributed by atoms with Crippen LogP contribution < -0.4 is 0 Å². The van der Waals surface area contributed by atoms with Crippen molar-refractivity contribution in [3.05, 3.63) is 29.8 Å². The summed E-state index contributed by atoms with van der Waals surface area (Å²) in [7, 11) is -4.34. The van der Waals surface area contributed by atoms with Gasteiger partial charge in [0.25, 0.3) is 10.1 Å². The second-order valence-corrected chi connectivity index (χ2v) is 6.06. The number of fused-ring (bicyclic) bond motifs is 2. The molecule has 1 heterocycles. The smallest absolute Gasteiger partial charge is 0.294 e. The normalized spacial score (nSPS) is 12.1. The molecule has 0 amide bonds. The number of aromatic nitrogens is 2. The summed E-state index contributed by atoms with van der Waals surface area (Å²) in [5.41, 5.74) is 1.88. The summed E-state index contributed by atoms with van der Waals surface area (Å²) in [6.07, 6.45) is 0. The zero-order valence-corrected chi connectivity index (χ0v) is 11.6. The van der Waals surface area contributed by atoms with Gasteiger partial charge in [-0.1, -0.05) is 0 Å². The first kappa shape index (κ1) is 13.5. The van der Waals surface area contributed by atoms with Crippen molar-refractivity contribution in [1.29, 1.82) is 0 Å². The fourth-order valence-corrected chi connectivity index (χ4v) is 2.68. The second kappa shape index (κ2) is 4.27. The third-order valence-corrected chi connectivity index (χ3v) is 3.93. The summed E-state index contributed by atoms with van der Waals surface area (Å²) in [6.45, 7) is 1.64. The minimum atomic E-state index is -4.34. The lowest BCUT2D eigenvalue weighted by Gasteiger charge is -2.07. The van der Waals surface area contributed by atoms with E-state index in [2.05, 4.69) is 9.97 Å². The molecule has 2 aromatic carbocycles. The highest BCUT2D eigenvalue weighted by atomic mass is 32.2. The number of hydrogen-bond donors (Lipinski definition) is 3. The first-order valence-electron chi connectivity index (χ1n) is 5.87. The largest absolute Gasteiger partial charge is 0.504 e. The summed E-state index contributed by atoms with van der Waals surface area (Å²) >= 11 is 0. The van der Waals surface area contributed by atoms with Gasteiger partial charge in [-0.15, -0.1) is 0 Å². The minimum absolute atomic E-state index is 0.264. The fourth-order valence-electron chi connectivity index (χ4n) is 2.09. The molecule has 108 valence electrons. The fraction of sp³-hybridized carbons (Fsp3) is 0.0769. The quantitative estimate of drug-likeness (QED) is 0.356. The van der Waals surface area contributed by atoms with Crippen molar-refractivity contribution >= 4 is 32.2 Å². The molecule has 0 saturated carbocycles. The molecule has 3 rings (SSSR count). The van der Waals surface area contributed by atoms with Crippen molar-refractivity contribution in [2.45, 2.75) is 11.8 Å². The SMILES string of the molecule is Cc1cc(S(=O)(=O)O)cc2nc3cc(O)c(O)cc3nc12. The maximum atomic E-state index is 11.2. The number of nitrogens with zero attached hydrogens (tertiary/aromatic N) is 2. The number of phenols is 2. The molecule has 0 radical (unpaired) electrons. The predicted molar refractivity (Wildman–Crippen MR) is 74.9 cm³/mol. The van der Waals surface area contributed by atoms with E-state index in [4.69, 9.17) is 4.55 Å². The van der Waals surface area contributed by atoms with E-state index in [1.165, 1.54) is 24.3 Å². The van der Waals surface area contributed by atoms with Crippen LogP contribution in [-0.4, -0.2) is 33.2 Å². The monoisotopic (exact) mass is 306 g/mol. The van der Waals surface area contributed by atoms with Crippen LogP contribution in [0.25, 0.3) is 22.1 Å². The molecule has 0 bridgehead atoms. The molecule has 0 aliphatic heterocycles. The van der Waals surface area contributed by atoms with Gasteiger partial charge in [0.1, 0.15) is 0 Å². The van der Waals surface area contributed by atoms with Gasteiger partial charge in [0.15, 0.2) is 11.5 Å². The van der Waals surface area contributed by atoms with Crippen LogP contribution >= 0.6 is 0 Å². The van der Waals surface area contributed by atoms with Gasteiger partial charge >= 0.3 is 0 Å². The Bertz CT molecular complexity index is 999. The van der Waals surface area contributed by atoms with Crippen LogP contribution in [0.2, 0.25) is 0 Å². The van der Waals surface area contributed by atoms with E-state index in [0.29, 0.717) is 22.1 Å². The van der Waals surface area contributed by atoms with Crippen molar-refractivity contribution in [1.82, 2.24) is 9.97 Å². The molecule has 0 aliphatic rings. The predicted octanol–water partition coefficient (Wildman–Crippen LogP) is 1.75. The van der Waals surface area contributed by atoms with E-state index < -0.39 is 10.1 Å². The number of rotatable bonds is 1. The summed E-state index contributed by atoms with van der Waals surface area (Å²) in [5.74, 6) is -0.665. The van der Waals surface area contributed by atoms with Gasteiger partial charge in [-0.25, -0.2) is 9.97 Å². The molecule has 0 saturated heterocycles. The Labute approximate surface area is 119 Å². The topological polar surface area (TPSA) is 121 Å². The first-order valence-corrected chi connectivity index (χ1v) is 7.31. The average Bonchev–Trinajstić information content (AvgIpc) is 2.37. The van der Waals surface area contributed by atoms with Gasteiger partial charge in [-0.2, -0.15) is 8.42 Å². The van der Waals surface area contributed by atoms with Crippen LogP contribution in [0.5, 0.6) is 11.5 Å². The van der Waals surface area contributed by atoms with E-state index in [-0.39, 0.29) is 21.9 Å². The molecule has 0 spiro atoms. The Hall–Kier alpha value is -2.45. The van der Waals surface area contributed by atoms with E-state index in [9.17, 15) is 18.6 Å².